The fraction of sp³-hybridized carbons (Fsp3) is 0.462. The molecule has 0 aliphatic carbocycles. The molecule has 0 fully saturated rings. The van der Waals surface area contributed by atoms with E-state index < -0.39 is 10.0 Å². The Kier molecular flexibility index (Phi) is 9.40. The molecule has 0 saturated heterocycles. The average molecular weight is 517 g/mol. The van der Waals surface area contributed by atoms with Crippen LogP contribution in [0.3, 0.4) is 0 Å². The lowest BCUT2D eigenvalue weighted by molar-refractivity contribution is 0.0985. The van der Waals surface area contributed by atoms with Crippen LogP contribution in [0.2, 0.25) is 0 Å². The number of carbonyl (C=O) groups excluding carboxylic acids is 1. The highest BCUT2D eigenvalue weighted by Crippen LogP contribution is 2.31. The van der Waals surface area contributed by atoms with Gasteiger partial charge in [0.2, 0.25) is 10.0 Å². The Labute approximate surface area is 213 Å². The third-order valence-corrected chi connectivity index (χ3v) is 8.98. The van der Waals surface area contributed by atoms with Crippen LogP contribution in [0.1, 0.15) is 49.5 Å². The molecule has 3 rings (SSSR count). The zero-order valence-corrected chi connectivity index (χ0v) is 23.0. The van der Waals surface area contributed by atoms with Crippen LogP contribution in [-0.2, 0) is 16.4 Å². The Hall–Kier alpha value is -2.33. The van der Waals surface area contributed by atoms with Gasteiger partial charge in [-0.3, -0.25) is 9.69 Å². The summed E-state index contributed by atoms with van der Waals surface area (Å²) >= 11 is 1.50. The fourth-order valence-electron chi connectivity index (χ4n) is 3.73. The maximum Gasteiger partial charge on any atom is 0.260 e. The van der Waals surface area contributed by atoms with Crippen molar-refractivity contribution in [1.29, 1.82) is 0 Å². The standard InChI is InChI=1S/C26H36N4O3S2/c1-6-9-16-29(8-3)35(32,33)22-13-11-21(12-14-22)25(31)30(18-17-28(4)5)26-27-23-15-10-20(7-2)19-24(23)34-26/h10-15,19H,6-9,16-18H2,1-5H3. The number of likely N-dealkylation sites (N-methyl/N-ethyl adjacent to an activating group) is 1. The Morgan fingerprint density at radius 1 is 0.971 bits per heavy atom. The number of anilines is 1. The van der Waals surface area contributed by atoms with Crippen LogP contribution < -0.4 is 4.90 Å². The first-order valence-corrected chi connectivity index (χ1v) is 14.4. The number of hydrogen-bond donors (Lipinski definition) is 0. The van der Waals surface area contributed by atoms with Gasteiger partial charge in [0, 0.05) is 31.7 Å². The number of sulfonamides is 1. The molecule has 3 aromatic rings. The molecular formula is C26H36N4O3S2. The van der Waals surface area contributed by atoms with E-state index in [2.05, 4.69) is 19.1 Å². The second-order valence-corrected chi connectivity index (χ2v) is 11.7. The molecule has 1 heterocycles. The zero-order chi connectivity index (χ0) is 25.6. The largest absolute Gasteiger partial charge is 0.308 e. The summed E-state index contributed by atoms with van der Waals surface area (Å²) in [5.74, 6) is -0.191. The first-order valence-electron chi connectivity index (χ1n) is 12.2. The van der Waals surface area contributed by atoms with Gasteiger partial charge in [0.1, 0.15) is 0 Å². The van der Waals surface area contributed by atoms with E-state index in [1.807, 2.05) is 38.9 Å². The van der Waals surface area contributed by atoms with E-state index in [9.17, 15) is 13.2 Å². The molecule has 1 amide bonds. The average Bonchev–Trinajstić information content (AvgIpc) is 3.27. The van der Waals surface area contributed by atoms with Crippen LogP contribution >= 0.6 is 11.3 Å². The maximum atomic E-state index is 13.6. The van der Waals surface area contributed by atoms with E-state index in [1.54, 1.807) is 17.0 Å². The molecule has 0 spiro atoms. The maximum absolute atomic E-state index is 13.6. The molecule has 0 atom stereocenters. The molecule has 0 radical (unpaired) electrons. The Bertz CT molecular complexity index is 1240. The van der Waals surface area contributed by atoms with Crippen LogP contribution in [-0.4, -0.2) is 68.8 Å². The minimum absolute atomic E-state index is 0.191. The molecule has 0 saturated carbocycles. The smallest absolute Gasteiger partial charge is 0.260 e. The molecule has 1 aromatic heterocycles. The molecule has 2 aromatic carbocycles. The first kappa shape index (κ1) is 27.3. The van der Waals surface area contributed by atoms with Crippen molar-refractivity contribution in [2.45, 2.75) is 44.9 Å². The van der Waals surface area contributed by atoms with Crippen LogP contribution in [0, 0.1) is 0 Å². The number of thiazole rings is 1. The normalized spacial score (nSPS) is 12.1. The third-order valence-electron chi connectivity index (χ3n) is 5.95. The minimum atomic E-state index is -3.59. The number of carbonyl (C=O) groups is 1. The van der Waals surface area contributed by atoms with E-state index in [0.29, 0.717) is 36.9 Å². The lowest BCUT2D eigenvalue weighted by Gasteiger charge is -2.23. The molecule has 0 unspecified atom stereocenters. The van der Waals surface area contributed by atoms with Gasteiger partial charge in [-0.1, -0.05) is 44.6 Å². The Balaban J connectivity index is 1.90. The van der Waals surface area contributed by atoms with Gasteiger partial charge < -0.3 is 4.90 Å². The number of hydrogen-bond acceptors (Lipinski definition) is 6. The highest BCUT2D eigenvalue weighted by Gasteiger charge is 2.25. The summed E-state index contributed by atoms with van der Waals surface area (Å²) in [7, 11) is 0.337. The number of rotatable bonds is 12. The summed E-state index contributed by atoms with van der Waals surface area (Å²) in [6, 6.07) is 12.5. The summed E-state index contributed by atoms with van der Waals surface area (Å²) in [5.41, 5.74) is 2.54. The van der Waals surface area contributed by atoms with E-state index in [-0.39, 0.29) is 10.8 Å². The van der Waals surface area contributed by atoms with E-state index in [0.717, 1.165) is 29.5 Å². The van der Waals surface area contributed by atoms with Crippen molar-refractivity contribution < 1.29 is 13.2 Å². The van der Waals surface area contributed by atoms with Crippen LogP contribution in [0.5, 0.6) is 0 Å². The van der Waals surface area contributed by atoms with Crippen molar-refractivity contribution in [3.63, 3.8) is 0 Å². The number of unbranched alkanes of at least 4 members (excludes halogenated alkanes) is 1. The van der Waals surface area contributed by atoms with E-state index >= 15 is 0 Å². The monoisotopic (exact) mass is 516 g/mol. The van der Waals surface area contributed by atoms with Crippen LogP contribution in [0.15, 0.2) is 47.4 Å². The number of amides is 1. The number of aromatic nitrogens is 1. The molecule has 9 heteroatoms. The van der Waals surface area contributed by atoms with Gasteiger partial charge >= 0.3 is 0 Å². The highest BCUT2D eigenvalue weighted by atomic mass is 32.2. The molecule has 0 aliphatic heterocycles. The van der Waals surface area contributed by atoms with Crippen molar-refractivity contribution in [2.75, 3.05) is 45.2 Å². The van der Waals surface area contributed by atoms with Crippen LogP contribution in [0.4, 0.5) is 5.13 Å². The molecule has 190 valence electrons. The molecule has 0 aliphatic rings. The van der Waals surface area contributed by atoms with Gasteiger partial charge in [0.05, 0.1) is 15.1 Å². The van der Waals surface area contributed by atoms with Gasteiger partial charge in [-0.25, -0.2) is 13.4 Å². The fourth-order valence-corrected chi connectivity index (χ4v) is 6.27. The predicted octanol–water partition coefficient (Wildman–Crippen LogP) is 4.88. The summed E-state index contributed by atoms with van der Waals surface area (Å²) in [6.07, 6.45) is 2.68. The van der Waals surface area contributed by atoms with Gasteiger partial charge in [0.25, 0.3) is 5.91 Å². The Morgan fingerprint density at radius 3 is 2.29 bits per heavy atom. The van der Waals surface area contributed by atoms with Crippen molar-refractivity contribution >= 4 is 42.6 Å². The van der Waals surface area contributed by atoms with Crippen LogP contribution in [0.25, 0.3) is 10.2 Å². The molecule has 35 heavy (non-hydrogen) atoms. The van der Waals surface area contributed by atoms with Crippen molar-refractivity contribution in [1.82, 2.24) is 14.2 Å². The summed E-state index contributed by atoms with van der Waals surface area (Å²) < 4.78 is 28.6. The van der Waals surface area contributed by atoms with Crippen molar-refractivity contribution in [2.24, 2.45) is 0 Å². The zero-order valence-electron chi connectivity index (χ0n) is 21.3. The number of benzene rings is 2. The first-order chi connectivity index (χ1) is 16.7. The number of fused-ring (bicyclic) bond motifs is 1. The van der Waals surface area contributed by atoms with Gasteiger partial charge in [-0.15, -0.1) is 0 Å². The summed E-state index contributed by atoms with van der Waals surface area (Å²) in [4.78, 5) is 22.2. The van der Waals surface area contributed by atoms with Gasteiger partial charge in [0.15, 0.2) is 5.13 Å². The van der Waals surface area contributed by atoms with Crippen molar-refractivity contribution in [3.05, 3.63) is 53.6 Å². The highest BCUT2D eigenvalue weighted by molar-refractivity contribution is 7.89. The molecular weight excluding hydrogens is 480 g/mol. The quantitative estimate of drug-likeness (QED) is 0.343. The van der Waals surface area contributed by atoms with Gasteiger partial charge in [-0.05, 0) is 68.9 Å². The predicted molar refractivity (Wildman–Crippen MR) is 145 cm³/mol. The topological polar surface area (TPSA) is 73.8 Å². The summed E-state index contributed by atoms with van der Waals surface area (Å²) in [6.45, 7) is 8.06. The number of aryl methyl sites for hydroxylation is 1. The van der Waals surface area contributed by atoms with Gasteiger partial charge in [-0.2, -0.15) is 4.31 Å². The SMILES string of the molecule is CCCCN(CC)S(=O)(=O)c1ccc(C(=O)N(CCN(C)C)c2nc3ccc(CC)cc3s2)cc1. The second-order valence-electron chi connectivity index (χ2n) is 8.79. The molecule has 0 bridgehead atoms. The summed E-state index contributed by atoms with van der Waals surface area (Å²) in [5, 5.41) is 0.647. The van der Waals surface area contributed by atoms with Crippen molar-refractivity contribution in [3.8, 4) is 0 Å². The van der Waals surface area contributed by atoms with E-state index in [1.165, 1.54) is 33.3 Å². The molecule has 7 nitrogen and oxygen atoms in total. The third kappa shape index (κ3) is 6.46. The lowest BCUT2D eigenvalue weighted by atomic mass is 10.2. The lowest BCUT2D eigenvalue weighted by Crippen LogP contribution is -2.36. The minimum Gasteiger partial charge on any atom is -0.308 e. The Morgan fingerprint density at radius 2 is 1.69 bits per heavy atom. The van der Waals surface area contributed by atoms with E-state index in [4.69, 9.17) is 4.98 Å². The number of nitrogens with zero attached hydrogens (tertiary/aromatic N) is 4. The second kappa shape index (κ2) is 12.1. The molecule has 0 N–H and O–H groups in total.